The molecular formula is C16H17N3O2. The summed E-state index contributed by atoms with van der Waals surface area (Å²) in [6.07, 6.45) is 4.59. The van der Waals surface area contributed by atoms with Gasteiger partial charge in [0.15, 0.2) is 5.78 Å². The Balaban J connectivity index is 1.70. The highest BCUT2D eigenvalue weighted by Gasteiger charge is 2.44. The van der Waals surface area contributed by atoms with Crippen LogP contribution in [0.1, 0.15) is 35.2 Å². The van der Waals surface area contributed by atoms with Crippen molar-refractivity contribution >= 4 is 17.4 Å². The van der Waals surface area contributed by atoms with Gasteiger partial charge in [0.2, 0.25) is 5.91 Å². The third kappa shape index (κ3) is 2.72. The first-order valence-electron chi connectivity index (χ1n) is 6.95. The molecule has 0 bridgehead atoms. The number of hydrogen-bond donors (Lipinski definition) is 1. The minimum atomic E-state index is -0.0505. The summed E-state index contributed by atoms with van der Waals surface area (Å²) in [7, 11) is 1.87. The second-order valence-corrected chi connectivity index (χ2v) is 5.49. The largest absolute Gasteiger partial charge is 0.325 e. The molecule has 2 aromatic rings. The molecule has 1 amide bonds. The summed E-state index contributed by atoms with van der Waals surface area (Å²) in [5.74, 6) is 0.125. The number of aryl methyl sites for hydroxylation is 1. The van der Waals surface area contributed by atoms with Crippen LogP contribution in [0.4, 0.5) is 5.69 Å². The van der Waals surface area contributed by atoms with Gasteiger partial charge in [-0.3, -0.25) is 14.3 Å². The van der Waals surface area contributed by atoms with Crippen LogP contribution in [0.25, 0.3) is 0 Å². The number of anilines is 1. The van der Waals surface area contributed by atoms with Crippen molar-refractivity contribution in [2.75, 3.05) is 5.32 Å². The molecule has 0 saturated heterocycles. The molecule has 5 nitrogen and oxygen atoms in total. The molecule has 0 aliphatic heterocycles. The van der Waals surface area contributed by atoms with Crippen LogP contribution in [0.15, 0.2) is 36.7 Å². The Labute approximate surface area is 123 Å². The number of hydrogen-bond acceptors (Lipinski definition) is 3. The quantitative estimate of drug-likeness (QED) is 0.876. The number of nitrogens with zero attached hydrogens (tertiary/aromatic N) is 2. The first kappa shape index (κ1) is 13.5. The van der Waals surface area contributed by atoms with E-state index in [9.17, 15) is 9.59 Å². The fourth-order valence-corrected chi connectivity index (χ4v) is 2.61. The van der Waals surface area contributed by atoms with Gasteiger partial charge in [0.05, 0.1) is 11.9 Å². The number of aromatic nitrogens is 2. The number of Topliss-reactive ketones (excluding diaryl/α,β-unsaturated/α-hetero) is 1. The fraction of sp³-hybridized carbons (Fsp3) is 0.312. The Morgan fingerprint density at radius 2 is 2.10 bits per heavy atom. The molecule has 5 heteroatoms. The highest BCUT2D eigenvalue weighted by molar-refractivity contribution is 6.04. The van der Waals surface area contributed by atoms with Crippen molar-refractivity contribution in [2.45, 2.75) is 19.3 Å². The number of nitrogens with one attached hydrogen (secondary N) is 1. The van der Waals surface area contributed by atoms with E-state index in [-0.39, 0.29) is 23.5 Å². The topological polar surface area (TPSA) is 64.0 Å². The molecule has 3 rings (SSSR count). The van der Waals surface area contributed by atoms with Gasteiger partial charge in [0.1, 0.15) is 0 Å². The van der Waals surface area contributed by atoms with Gasteiger partial charge in [0.25, 0.3) is 0 Å². The number of amides is 1. The van der Waals surface area contributed by atoms with Crippen molar-refractivity contribution in [3.63, 3.8) is 0 Å². The van der Waals surface area contributed by atoms with Crippen LogP contribution in [0.2, 0.25) is 0 Å². The maximum atomic E-state index is 12.3. The van der Waals surface area contributed by atoms with Crippen LogP contribution >= 0.6 is 0 Å². The molecule has 0 radical (unpaired) electrons. The van der Waals surface area contributed by atoms with Gasteiger partial charge in [0, 0.05) is 24.7 Å². The molecular weight excluding hydrogens is 266 g/mol. The monoisotopic (exact) mass is 283 g/mol. The standard InChI is InChI=1S/C16H17N3O2/c1-10(20)12-5-3-4-6-15(12)18-16(21)14-7-13(14)11-8-17-19(2)9-11/h3-6,8-9,13-14H,7H2,1-2H3,(H,18,21)/t13-,14+/m0/s1. The molecule has 1 heterocycles. The summed E-state index contributed by atoms with van der Waals surface area (Å²) >= 11 is 0. The lowest BCUT2D eigenvalue weighted by Gasteiger charge is -2.08. The number of para-hydroxylation sites is 1. The van der Waals surface area contributed by atoms with Crippen molar-refractivity contribution in [1.29, 1.82) is 0 Å². The SMILES string of the molecule is CC(=O)c1ccccc1NC(=O)[C@@H]1C[C@H]1c1cnn(C)c1. The second kappa shape index (κ2) is 5.16. The van der Waals surface area contributed by atoms with E-state index in [1.807, 2.05) is 25.5 Å². The molecule has 0 unspecified atom stereocenters. The molecule has 108 valence electrons. The maximum Gasteiger partial charge on any atom is 0.228 e. The maximum absolute atomic E-state index is 12.3. The zero-order chi connectivity index (χ0) is 15.0. The molecule has 1 N–H and O–H groups in total. The lowest BCUT2D eigenvalue weighted by atomic mass is 10.1. The number of carbonyl (C=O) groups is 2. The van der Waals surface area contributed by atoms with Gasteiger partial charge in [-0.05, 0) is 37.0 Å². The smallest absolute Gasteiger partial charge is 0.228 e. The lowest BCUT2D eigenvalue weighted by molar-refractivity contribution is -0.117. The molecule has 0 spiro atoms. The van der Waals surface area contributed by atoms with Crippen LogP contribution < -0.4 is 5.32 Å². The minimum Gasteiger partial charge on any atom is -0.325 e. The molecule has 1 aromatic heterocycles. The normalized spacial score (nSPS) is 20.1. The first-order chi connectivity index (χ1) is 10.1. The van der Waals surface area contributed by atoms with Crippen molar-refractivity contribution in [2.24, 2.45) is 13.0 Å². The summed E-state index contributed by atoms with van der Waals surface area (Å²) in [6, 6.07) is 7.09. The Morgan fingerprint density at radius 3 is 2.76 bits per heavy atom. The Hall–Kier alpha value is -2.43. The van der Waals surface area contributed by atoms with E-state index in [0.29, 0.717) is 11.3 Å². The highest BCUT2D eigenvalue weighted by atomic mass is 16.2. The van der Waals surface area contributed by atoms with Crippen molar-refractivity contribution < 1.29 is 9.59 Å². The predicted octanol–water partition coefficient (Wildman–Crippen LogP) is 2.36. The molecule has 21 heavy (non-hydrogen) atoms. The van der Waals surface area contributed by atoms with Crippen molar-refractivity contribution in [3.05, 3.63) is 47.8 Å². The summed E-state index contributed by atoms with van der Waals surface area (Å²) in [4.78, 5) is 23.8. The van der Waals surface area contributed by atoms with Gasteiger partial charge in [-0.1, -0.05) is 12.1 Å². The zero-order valence-electron chi connectivity index (χ0n) is 12.0. The number of rotatable bonds is 4. The molecule has 1 saturated carbocycles. The van der Waals surface area contributed by atoms with E-state index in [2.05, 4.69) is 10.4 Å². The van der Waals surface area contributed by atoms with E-state index in [1.54, 1.807) is 22.9 Å². The number of benzene rings is 1. The minimum absolute atomic E-state index is 0.0300. The molecule has 2 atom stereocenters. The van der Waals surface area contributed by atoms with Gasteiger partial charge in [-0.2, -0.15) is 5.10 Å². The Bertz CT molecular complexity index is 705. The molecule has 1 aliphatic rings. The fourth-order valence-electron chi connectivity index (χ4n) is 2.61. The van der Waals surface area contributed by atoms with Crippen LogP contribution in [0.5, 0.6) is 0 Å². The summed E-state index contributed by atoms with van der Waals surface area (Å²) < 4.78 is 1.74. The van der Waals surface area contributed by atoms with E-state index in [0.717, 1.165) is 12.0 Å². The molecule has 1 fully saturated rings. The lowest BCUT2D eigenvalue weighted by Crippen LogP contribution is -2.16. The molecule has 1 aliphatic carbocycles. The third-order valence-corrected chi connectivity index (χ3v) is 3.84. The summed E-state index contributed by atoms with van der Waals surface area (Å²) in [6.45, 7) is 1.50. The molecule has 1 aromatic carbocycles. The van der Waals surface area contributed by atoms with Gasteiger partial charge >= 0.3 is 0 Å². The number of carbonyl (C=O) groups excluding carboxylic acids is 2. The Kier molecular flexibility index (Phi) is 3.33. The predicted molar refractivity (Wildman–Crippen MR) is 79.1 cm³/mol. The van der Waals surface area contributed by atoms with E-state index in [4.69, 9.17) is 0 Å². The van der Waals surface area contributed by atoms with Gasteiger partial charge in [-0.25, -0.2) is 0 Å². The first-order valence-corrected chi connectivity index (χ1v) is 6.95. The van der Waals surface area contributed by atoms with Crippen LogP contribution in [-0.4, -0.2) is 21.5 Å². The van der Waals surface area contributed by atoms with Crippen LogP contribution in [0, 0.1) is 5.92 Å². The van der Waals surface area contributed by atoms with E-state index in [1.165, 1.54) is 6.92 Å². The number of ketones is 1. The van der Waals surface area contributed by atoms with E-state index >= 15 is 0 Å². The summed E-state index contributed by atoms with van der Waals surface area (Å²) in [5.41, 5.74) is 2.23. The van der Waals surface area contributed by atoms with Gasteiger partial charge < -0.3 is 5.32 Å². The third-order valence-electron chi connectivity index (χ3n) is 3.84. The van der Waals surface area contributed by atoms with Crippen molar-refractivity contribution in [3.8, 4) is 0 Å². The Morgan fingerprint density at radius 1 is 1.33 bits per heavy atom. The van der Waals surface area contributed by atoms with Crippen LogP contribution in [0.3, 0.4) is 0 Å². The van der Waals surface area contributed by atoms with Gasteiger partial charge in [-0.15, -0.1) is 0 Å². The van der Waals surface area contributed by atoms with Crippen molar-refractivity contribution in [1.82, 2.24) is 9.78 Å². The van der Waals surface area contributed by atoms with Crippen LogP contribution in [-0.2, 0) is 11.8 Å². The average molecular weight is 283 g/mol. The van der Waals surface area contributed by atoms with E-state index < -0.39 is 0 Å². The zero-order valence-corrected chi connectivity index (χ0v) is 12.0. The average Bonchev–Trinajstić information content (AvgIpc) is 3.14. The summed E-state index contributed by atoms with van der Waals surface area (Å²) in [5, 5.41) is 7.01. The highest BCUT2D eigenvalue weighted by Crippen LogP contribution is 2.47. The second-order valence-electron chi connectivity index (χ2n) is 5.49.